The molecule has 1 aliphatic heterocycles. The van der Waals surface area contributed by atoms with E-state index >= 15 is 0 Å². The third-order valence-corrected chi connectivity index (χ3v) is 3.32. The number of rotatable bonds is 3. The molecule has 2 aromatic rings. The fourth-order valence-electron chi connectivity index (χ4n) is 2.33. The molecule has 2 atom stereocenters. The number of hydrogen-bond acceptors (Lipinski definition) is 6. The van der Waals surface area contributed by atoms with Crippen LogP contribution in [0, 0.1) is 0 Å². The number of aromatic nitrogens is 4. The molecule has 0 aliphatic carbocycles. The molecule has 0 aromatic carbocycles. The van der Waals surface area contributed by atoms with Crippen molar-refractivity contribution in [1.29, 1.82) is 0 Å². The molecular weight excluding hydrogens is 248 g/mol. The normalized spacial score (nSPS) is 23.4. The first kappa shape index (κ1) is 11.8. The zero-order valence-electron chi connectivity index (χ0n) is 10.2. The van der Waals surface area contributed by atoms with Gasteiger partial charge in [0.1, 0.15) is 5.76 Å². The lowest BCUT2D eigenvalue weighted by atomic mass is 9.94. The predicted octanol–water partition coefficient (Wildman–Crippen LogP) is -0.317. The largest absolute Gasteiger partial charge is 0.448 e. The zero-order valence-corrected chi connectivity index (χ0v) is 10.2. The molecule has 3 heterocycles. The smallest absolute Gasteiger partial charge is 0.270 e. The van der Waals surface area contributed by atoms with Crippen LogP contribution in [0.2, 0.25) is 0 Å². The SMILES string of the molecule is NC(=O)c1cn([C@@H]2CNCC(c3cnco3)C2)nn1. The quantitative estimate of drug-likeness (QED) is 0.784. The van der Waals surface area contributed by atoms with Gasteiger partial charge >= 0.3 is 0 Å². The summed E-state index contributed by atoms with van der Waals surface area (Å²) in [5.41, 5.74) is 5.35. The Morgan fingerprint density at radius 3 is 3.11 bits per heavy atom. The minimum Gasteiger partial charge on any atom is -0.448 e. The Morgan fingerprint density at radius 1 is 1.53 bits per heavy atom. The van der Waals surface area contributed by atoms with Gasteiger partial charge in [0.05, 0.1) is 18.4 Å². The van der Waals surface area contributed by atoms with Gasteiger partial charge in [-0.05, 0) is 6.42 Å². The maximum absolute atomic E-state index is 11.0. The summed E-state index contributed by atoms with van der Waals surface area (Å²) in [6, 6.07) is 0.115. The van der Waals surface area contributed by atoms with E-state index in [0.29, 0.717) is 0 Å². The molecule has 100 valence electrons. The molecule has 1 unspecified atom stereocenters. The van der Waals surface area contributed by atoms with Crippen molar-refractivity contribution in [3.05, 3.63) is 30.2 Å². The number of amides is 1. The summed E-state index contributed by atoms with van der Waals surface area (Å²) < 4.78 is 7.01. The van der Waals surface area contributed by atoms with Crippen LogP contribution in [-0.4, -0.2) is 39.0 Å². The average Bonchev–Trinajstić information content (AvgIpc) is 3.10. The van der Waals surface area contributed by atoms with Crippen molar-refractivity contribution in [3.63, 3.8) is 0 Å². The van der Waals surface area contributed by atoms with E-state index in [1.807, 2.05) is 0 Å². The highest BCUT2D eigenvalue weighted by atomic mass is 16.3. The Balaban J connectivity index is 1.75. The van der Waals surface area contributed by atoms with Crippen LogP contribution in [0.5, 0.6) is 0 Å². The zero-order chi connectivity index (χ0) is 13.2. The lowest BCUT2D eigenvalue weighted by molar-refractivity contribution is 0.0995. The van der Waals surface area contributed by atoms with Crippen molar-refractivity contribution in [2.75, 3.05) is 13.1 Å². The van der Waals surface area contributed by atoms with E-state index in [1.165, 1.54) is 6.39 Å². The number of piperidine rings is 1. The van der Waals surface area contributed by atoms with Gasteiger partial charge in [-0.1, -0.05) is 5.21 Å². The first-order valence-corrected chi connectivity index (χ1v) is 6.05. The van der Waals surface area contributed by atoms with Crippen LogP contribution >= 0.6 is 0 Å². The van der Waals surface area contributed by atoms with Crippen molar-refractivity contribution in [3.8, 4) is 0 Å². The van der Waals surface area contributed by atoms with Crippen molar-refractivity contribution in [2.45, 2.75) is 18.4 Å². The van der Waals surface area contributed by atoms with Crippen LogP contribution in [0.3, 0.4) is 0 Å². The monoisotopic (exact) mass is 262 g/mol. The van der Waals surface area contributed by atoms with Crippen molar-refractivity contribution >= 4 is 5.91 Å². The molecule has 0 spiro atoms. The van der Waals surface area contributed by atoms with Crippen LogP contribution in [0.1, 0.15) is 34.6 Å². The third-order valence-electron chi connectivity index (χ3n) is 3.32. The van der Waals surface area contributed by atoms with E-state index in [2.05, 4.69) is 20.6 Å². The number of carbonyl (C=O) groups is 1. The molecule has 8 heteroatoms. The fourth-order valence-corrected chi connectivity index (χ4v) is 2.33. The van der Waals surface area contributed by atoms with Gasteiger partial charge in [-0.2, -0.15) is 0 Å². The summed E-state index contributed by atoms with van der Waals surface area (Å²) in [5, 5.41) is 11.0. The maximum atomic E-state index is 11.0. The van der Waals surface area contributed by atoms with E-state index in [4.69, 9.17) is 10.2 Å². The minimum absolute atomic E-state index is 0.115. The van der Waals surface area contributed by atoms with Gasteiger partial charge in [0.25, 0.3) is 5.91 Å². The Morgan fingerprint density at radius 2 is 2.42 bits per heavy atom. The van der Waals surface area contributed by atoms with Gasteiger partial charge in [0.2, 0.25) is 0 Å². The molecular formula is C11H14N6O2. The summed E-state index contributed by atoms with van der Waals surface area (Å²) in [5.74, 6) is 0.525. The van der Waals surface area contributed by atoms with E-state index in [0.717, 1.165) is 25.3 Å². The summed E-state index contributed by atoms with van der Waals surface area (Å²) >= 11 is 0. The van der Waals surface area contributed by atoms with Crippen LogP contribution in [0.4, 0.5) is 0 Å². The second-order valence-corrected chi connectivity index (χ2v) is 4.60. The molecule has 19 heavy (non-hydrogen) atoms. The third kappa shape index (κ3) is 2.34. The van der Waals surface area contributed by atoms with Gasteiger partial charge in [-0.15, -0.1) is 5.10 Å². The second kappa shape index (κ2) is 4.81. The number of nitrogens with one attached hydrogen (secondary N) is 1. The Kier molecular flexibility index (Phi) is 3.00. The molecule has 0 saturated carbocycles. The van der Waals surface area contributed by atoms with Gasteiger partial charge in [-0.25, -0.2) is 9.67 Å². The highest BCUT2D eigenvalue weighted by Gasteiger charge is 2.27. The predicted molar refractivity (Wildman–Crippen MR) is 64.3 cm³/mol. The molecule has 0 radical (unpaired) electrons. The molecule has 1 aliphatic rings. The topological polar surface area (TPSA) is 112 Å². The van der Waals surface area contributed by atoms with Crippen molar-refractivity contribution in [1.82, 2.24) is 25.3 Å². The highest BCUT2D eigenvalue weighted by molar-refractivity contribution is 5.90. The van der Waals surface area contributed by atoms with Crippen molar-refractivity contribution in [2.24, 2.45) is 5.73 Å². The highest BCUT2D eigenvalue weighted by Crippen LogP contribution is 2.28. The lowest BCUT2D eigenvalue weighted by Crippen LogP contribution is -2.36. The Hall–Kier alpha value is -2.22. The minimum atomic E-state index is -0.568. The van der Waals surface area contributed by atoms with E-state index < -0.39 is 5.91 Å². The molecule has 3 N–H and O–H groups in total. The van der Waals surface area contributed by atoms with E-state index in [1.54, 1.807) is 17.1 Å². The summed E-state index contributed by atoms with van der Waals surface area (Å²) in [7, 11) is 0. The average molecular weight is 262 g/mol. The molecule has 8 nitrogen and oxygen atoms in total. The van der Waals surface area contributed by atoms with Gasteiger partial charge in [0.15, 0.2) is 12.1 Å². The van der Waals surface area contributed by atoms with Crippen LogP contribution < -0.4 is 11.1 Å². The maximum Gasteiger partial charge on any atom is 0.270 e. The molecule has 2 aromatic heterocycles. The first-order chi connectivity index (χ1) is 9.24. The molecule has 3 rings (SSSR count). The van der Waals surface area contributed by atoms with E-state index in [9.17, 15) is 4.79 Å². The van der Waals surface area contributed by atoms with Crippen LogP contribution in [0.25, 0.3) is 0 Å². The number of nitrogens with zero attached hydrogens (tertiary/aromatic N) is 4. The Labute approximate surface area is 109 Å². The molecule has 1 fully saturated rings. The lowest BCUT2D eigenvalue weighted by Gasteiger charge is -2.28. The van der Waals surface area contributed by atoms with Crippen LogP contribution in [-0.2, 0) is 0 Å². The number of hydrogen-bond donors (Lipinski definition) is 2. The summed E-state index contributed by atoms with van der Waals surface area (Å²) in [6.45, 7) is 1.61. The van der Waals surface area contributed by atoms with Gasteiger partial charge in [-0.3, -0.25) is 4.79 Å². The standard InChI is InChI=1S/C11H14N6O2/c12-11(18)9-5-17(16-15-9)8-1-7(2-13-3-8)10-4-14-6-19-10/h4-8,13H,1-3H2,(H2,12,18)/t7?,8-/m0/s1. The molecule has 0 bridgehead atoms. The summed E-state index contributed by atoms with van der Waals surface area (Å²) in [6.07, 6.45) is 5.59. The number of carbonyl (C=O) groups excluding carboxylic acids is 1. The summed E-state index contributed by atoms with van der Waals surface area (Å²) in [4.78, 5) is 14.9. The van der Waals surface area contributed by atoms with Crippen molar-refractivity contribution < 1.29 is 9.21 Å². The number of nitrogens with two attached hydrogens (primary N) is 1. The number of oxazole rings is 1. The first-order valence-electron chi connectivity index (χ1n) is 6.05. The number of primary amides is 1. The van der Waals surface area contributed by atoms with E-state index in [-0.39, 0.29) is 17.7 Å². The van der Waals surface area contributed by atoms with Gasteiger partial charge < -0.3 is 15.5 Å². The second-order valence-electron chi connectivity index (χ2n) is 4.60. The molecule has 1 saturated heterocycles. The fraction of sp³-hybridized carbons (Fsp3) is 0.455. The van der Waals surface area contributed by atoms with Gasteiger partial charge in [0, 0.05) is 19.0 Å². The molecule has 1 amide bonds. The van der Waals surface area contributed by atoms with Crippen LogP contribution in [0.15, 0.2) is 23.2 Å². The Bertz CT molecular complexity index is 564.